The minimum atomic E-state index is -0.333. The van der Waals surface area contributed by atoms with Crippen LogP contribution in [0.25, 0.3) is 0 Å². The van der Waals surface area contributed by atoms with Crippen LogP contribution in [0.1, 0.15) is 37.7 Å². The van der Waals surface area contributed by atoms with Crippen LogP contribution in [-0.2, 0) is 11.3 Å². The van der Waals surface area contributed by atoms with Crippen molar-refractivity contribution in [2.24, 2.45) is 0 Å². The number of rotatable bonds is 6. The third kappa shape index (κ3) is 6.49. The highest BCUT2D eigenvalue weighted by molar-refractivity contribution is 5.94. The normalized spacial score (nSPS) is 23.0. The molecular weight excluding hydrogens is 356 g/mol. The van der Waals surface area contributed by atoms with Crippen LogP contribution in [0.2, 0.25) is 0 Å². The lowest BCUT2D eigenvalue weighted by atomic mass is 9.96. The van der Waals surface area contributed by atoms with Gasteiger partial charge in [-0.2, -0.15) is 0 Å². The molecule has 1 saturated heterocycles. The summed E-state index contributed by atoms with van der Waals surface area (Å²) in [5.41, 5.74) is 1.30. The van der Waals surface area contributed by atoms with E-state index in [9.17, 15) is 9.59 Å². The molecule has 154 valence electrons. The van der Waals surface area contributed by atoms with Crippen LogP contribution in [0.4, 0.5) is 4.79 Å². The van der Waals surface area contributed by atoms with E-state index in [1.165, 1.54) is 21.8 Å². The lowest BCUT2D eigenvalue weighted by Gasteiger charge is -2.29. The Balaban J connectivity index is 1.33. The highest BCUT2D eigenvalue weighted by Crippen LogP contribution is 2.17. The summed E-state index contributed by atoms with van der Waals surface area (Å²) < 4.78 is 5.20. The molecule has 1 saturated carbocycles. The number of urea groups is 1. The van der Waals surface area contributed by atoms with E-state index in [-0.39, 0.29) is 18.0 Å². The Hall–Kier alpha value is -2.12. The molecule has 0 unspecified atom stereocenters. The molecule has 2 fully saturated rings. The van der Waals surface area contributed by atoms with Gasteiger partial charge >= 0.3 is 6.03 Å². The molecule has 0 aromatic heterocycles. The zero-order chi connectivity index (χ0) is 19.8. The molecule has 0 atom stereocenters. The summed E-state index contributed by atoms with van der Waals surface area (Å²) in [4.78, 5) is 27.0. The minimum Gasteiger partial charge on any atom is -0.497 e. The van der Waals surface area contributed by atoms with Gasteiger partial charge in [0, 0.05) is 11.6 Å². The Morgan fingerprint density at radius 2 is 1.64 bits per heavy atom. The monoisotopic (exact) mass is 390 g/mol. The van der Waals surface area contributed by atoms with Gasteiger partial charge in [-0.15, -0.1) is 0 Å². The average Bonchev–Trinajstić information content (AvgIpc) is 2.70. The largest absolute Gasteiger partial charge is 0.497 e. The molecule has 7 nitrogen and oxygen atoms in total. The number of ether oxygens (including phenoxy) is 1. The second-order valence-electron chi connectivity index (χ2n) is 8.06. The summed E-state index contributed by atoms with van der Waals surface area (Å²) in [5, 5.41) is 5.44. The SMILES string of the molecule is COc1ccc(C[NH+]2CC[NH+](CC(=O)NC(=O)NC3CCCCC3)CC2)cc1. The molecule has 1 aromatic rings. The standard InChI is InChI=1S/C21H32N4O3/c1-28-19-9-7-17(8-10-19)15-24-11-13-25(14-12-24)16-20(26)23-21(27)22-18-5-3-2-4-6-18/h7-10,18H,2-6,11-16H2,1H3,(H2,22,23,26,27)/p+2. The van der Waals surface area contributed by atoms with E-state index in [0.717, 1.165) is 64.2 Å². The van der Waals surface area contributed by atoms with Crippen molar-refractivity contribution < 1.29 is 24.1 Å². The van der Waals surface area contributed by atoms with Crippen LogP contribution >= 0.6 is 0 Å². The number of piperazine rings is 1. The van der Waals surface area contributed by atoms with Crippen molar-refractivity contribution in [1.82, 2.24) is 10.6 Å². The number of nitrogens with one attached hydrogen (secondary N) is 4. The van der Waals surface area contributed by atoms with E-state index in [1.54, 1.807) is 7.11 Å². The molecule has 1 aromatic carbocycles. The van der Waals surface area contributed by atoms with Crippen molar-refractivity contribution in [2.75, 3.05) is 39.8 Å². The van der Waals surface area contributed by atoms with Gasteiger partial charge < -0.3 is 19.9 Å². The maximum Gasteiger partial charge on any atom is 0.321 e. The number of amides is 3. The lowest BCUT2D eigenvalue weighted by molar-refractivity contribution is -1.02. The van der Waals surface area contributed by atoms with Crippen LogP contribution in [0.3, 0.4) is 0 Å². The summed E-state index contributed by atoms with van der Waals surface area (Å²) in [7, 11) is 1.68. The summed E-state index contributed by atoms with van der Waals surface area (Å²) >= 11 is 0. The Morgan fingerprint density at radius 1 is 1.00 bits per heavy atom. The van der Waals surface area contributed by atoms with Crippen molar-refractivity contribution in [2.45, 2.75) is 44.7 Å². The Labute approximate surface area is 167 Å². The second kappa shape index (κ2) is 10.4. The highest BCUT2D eigenvalue weighted by Gasteiger charge is 2.26. The maximum absolute atomic E-state index is 12.2. The predicted molar refractivity (Wildman–Crippen MR) is 107 cm³/mol. The first-order valence-corrected chi connectivity index (χ1v) is 10.5. The number of hydrogen-bond donors (Lipinski definition) is 4. The average molecular weight is 391 g/mol. The van der Waals surface area contributed by atoms with Crippen molar-refractivity contribution in [3.05, 3.63) is 29.8 Å². The third-order valence-corrected chi connectivity index (χ3v) is 5.88. The van der Waals surface area contributed by atoms with Crippen LogP contribution < -0.4 is 25.2 Å². The molecule has 0 bridgehead atoms. The first kappa shape index (κ1) is 20.6. The number of benzene rings is 1. The van der Waals surface area contributed by atoms with Gasteiger partial charge in [-0.3, -0.25) is 10.1 Å². The van der Waals surface area contributed by atoms with Gasteiger partial charge in [0.25, 0.3) is 5.91 Å². The second-order valence-corrected chi connectivity index (χ2v) is 8.06. The van der Waals surface area contributed by atoms with E-state index in [1.807, 2.05) is 12.1 Å². The van der Waals surface area contributed by atoms with Gasteiger partial charge in [-0.1, -0.05) is 19.3 Å². The molecule has 1 aliphatic carbocycles. The molecule has 4 N–H and O–H groups in total. The molecule has 0 radical (unpaired) electrons. The highest BCUT2D eigenvalue weighted by atomic mass is 16.5. The molecular formula is C21H34N4O3+2. The number of imide groups is 1. The number of hydrogen-bond acceptors (Lipinski definition) is 3. The van der Waals surface area contributed by atoms with E-state index < -0.39 is 0 Å². The fourth-order valence-corrected chi connectivity index (χ4v) is 4.21. The Morgan fingerprint density at radius 3 is 2.29 bits per heavy atom. The Kier molecular flexibility index (Phi) is 7.68. The van der Waals surface area contributed by atoms with Gasteiger partial charge in [0.2, 0.25) is 0 Å². The molecule has 1 heterocycles. The fourth-order valence-electron chi connectivity index (χ4n) is 4.21. The molecule has 0 spiro atoms. The minimum absolute atomic E-state index is 0.179. The molecule has 3 rings (SSSR count). The van der Waals surface area contributed by atoms with E-state index >= 15 is 0 Å². The van der Waals surface area contributed by atoms with Crippen molar-refractivity contribution in [1.29, 1.82) is 0 Å². The smallest absolute Gasteiger partial charge is 0.321 e. The number of quaternary nitrogens is 2. The summed E-state index contributed by atoms with van der Waals surface area (Å²) in [5.74, 6) is 0.702. The summed E-state index contributed by atoms with van der Waals surface area (Å²) in [6, 6.07) is 8.12. The molecule has 1 aliphatic heterocycles. The van der Waals surface area contributed by atoms with Gasteiger partial charge in [0.15, 0.2) is 6.54 Å². The van der Waals surface area contributed by atoms with E-state index in [4.69, 9.17) is 4.74 Å². The zero-order valence-corrected chi connectivity index (χ0v) is 16.9. The quantitative estimate of drug-likeness (QED) is 0.511. The van der Waals surface area contributed by atoms with E-state index in [0.29, 0.717) is 6.54 Å². The zero-order valence-electron chi connectivity index (χ0n) is 16.9. The number of methoxy groups -OCH3 is 1. The first-order valence-electron chi connectivity index (χ1n) is 10.5. The van der Waals surface area contributed by atoms with Gasteiger partial charge in [0.1, 0.15) is 38.5 Å². The van der Waals surface area contributed by atoms with Crippen LogP contribution in [0, 0.1) is 0 Å². The topological polar surface area (TPSA) is 76.3 Å². The summed E-state index contributed by atoms with van der Waals surface area (Å²) in [6.07, 6.45) is 5.60. The lowest BCUT2D eigenvalue weighted by Crippen LogP contribution is -3.28. The molecule has 2 aliphatic rings. The van der Waals surface area contributed by atoms with Crippen LogP contribution in [0.5, 0.6) is 5.75 Å². The third-order valence-electron chi connectivity index (χ3n) is 5.88. The van der Waals surface area contributed by atoms with Crippen molar-refractivity contribution in [3.8, 4) is 5.75 Å². The van der Waals surface area contributed by atoms with Gasteiger partial charge in [-0.25, -0.2) is 4.79 Å². The first-order chi connectivity index (χ1) is 13.6. The predicted octanol–water partition coefficient (Wildman–Crippen LogP) is -0.863. The summed E-state index contributed by atoms with van der Waals surface area (Å²) in [6.45, 7) is 5.32. The molecule has 28 heavy (non-hydrogen) atoms. The van der Waals surface area contributed by atoms with Crippen LogP contribution in [-0.4, -0.2) is 57.8 Å². The van der Waals surface area contributed by atoms with Gasteiger partial charge in [-0.05, 0) is 37.1 Å². The maximum atomic E-state index is 12.2. The number of carbonyl (C=O) groups excluding carboxylic acids is 2. The Bertz CT molecular complexity index is 636. The van der Waals surface area contributed by atoms with Gasteiger partial charge in [0.05, 0.1) is 7.11 Å². The molecule has 7 heteroatoms. The van der Waals surface area contributed by atoms with Crippen LogP contribution in [0.15, 0.2) is 24.3 Å². The van der Waals surface area contributed by atoms with Crippen molar-refractivity contribution >= 4 is 11.9 Å². The fraction of sp³-hybridized carbons (Fsp3) is 0.619. The number of carbonyl (C=O) groups is 2. The van der Waals surface area contributed by atoms with E-state index in [2.05, 4.69) is 22.8 Å². The van der Waals surface area contributed by atoms with Crippen molar-refractivity contribution in [3.63, 3.8) is 0 Å². The molecule has 3 amide bonds.